The predicted molar refractivity (Wildman–Crippen MR) is 74.2 cm³/mol. The van der Waals surface area contributed by atoms with Crippen LogP contribution in [0.4, 0.5) is 10.5 Å². The molecule has 0 spiro atoms. The molecule has 1 aliphatic rings. The van der Waals surface area contributed by atoms with Gasteiger partial charge in [0.25, 0.3) is 0 Å². The van der Waals surface area contributed by atoms with Crippen LogP contribution >= 0.6 is 23.2 Å². The Morgan fingerprint density at radius 1 is 1.44 bits per heavy atom. The molecule has 0 aliphatic heterocycles. The van der Waals surface area contributed by atoms with Crippen LogP contribution in [-0.4, -0.2) is 18.6 Å². The molecule has 0 saturated heterocycles. The van der Waals surface area contributed by atoms with Crippen molar-refractivity contribution < 1.29 is 4.79 Å². The van der Waals surface area contributed by atoms with E-state index < -0.39 is 0 Å². The van der Waals surface area contributed by atoms with E-state index in [4.69, 9.17) is 28.9 Å². The van der Waals surface area contributed by atoms with Crippen molar-refractivity contribution in [1.82, 2.24) is 5.32 Å². The minimum atomic E-state index is -0.304. The molecule has 0 aromatic heterocycles. The summed E-state index contributed by atoms with van der Waals surface area (Å²) >= 11 is 11.8. The fraction of sp³-hybridized carbons (Fsp3) is 0.417. The number of halogens is 2. The fourth-order valence-electron chi connectivity index (χ4n) is 1.79. The number of carbonyl (C=O) groups is 1. The van der Waals surface area contributed by atoms with Gasteiger partial charge in [-0.2, -0.15) is 0 Å². The average molecular weight is 288 g/mol. The summed E-state index contributed by atoms with van der Waals surface area (Å²) in [4.78, 5) is 11.8. The van der Waals surface area contributed by atoms with Crippen LogP contribution in [0, 0.1) is 5.92 Å². The van der Waals surface area contributed by atoms with Crippen molar-refractivity contribution in [2.45, 2.75) is 18.9 Å². The second kappa shape index (κ2) is 5.78. The first-order valence-electron chi connectivity index (χ1n) is 5.83. The summed E-state index contributed by atoms with van der Waals surface area (Å²) < 4.78 is 0. The van der Waals surface area contributed by atoms with E-state index in [-0.39, 0.29) is 12.1 Å². The van der Waals surface area contributed by atoms with Gasteiger partial charge >= 0.3 is 6.03 Å². The Bertz CT molecular complexity index is 449. The maximum atomic E-state index is 11.8. The molecule has 1 saturated carbocycles. The standard InChI is InChI=1S/C12H15Cl2N3O/c13-8-3-4-9(14)10(5-8)16-12(18)17-11(6-15)7-1-2-7/h3-5,7,11H,1-2,6,15H2,(H2,16,17,18). The smallest absolute Gasteiger partial charge is 0.319 e. The summed E-state index contributed by atoms with van der Waals surface area (Å²) in [5.41, 5.74) is 6.11. The molecule has 2 amide bonds. The minimum absolute atomic E-state index is 0.0305. The SMILES string of the molecule is NCC(NC(=O)Nc1cc(Cl)ccc1Cl)C1CC1. The third-order valence-electron chi connectivity index (χ3n) is 2.94. The summed E-state index contributed by atoms with van der Waals surface area (Å²) in [6.45, 7) is 0.446. The van der Waals surface area contributed by atoms with Gasteiger partial charge in [0, 0.05) is 17.6 Å². The van der Waals surface area contributed by atoms with Crippen LogP contribution in [-0.2, 0) is 0 Å². The van der Waals surface area contributed by atoms with Crippen LogP contribution in [0.15, 0.2) is 18.2 Å². The largest absolute Gasteiger partial charge is 0.334 e. The first kappa shape index (κ1) is 13.5. The van der Waals surface area contributed by atoms with Crippen LogP contribution in [0.5, 0.6) is 0 Å². The molecule has 0 radical (unpaired) electrons. The number of rotatable bonds is 4. The number of hydrogen-bond donors (Lipinski definition) is 3. The lowest BCUT2D eigenvalue weighted by Crippen LogP contribution is -2.43. The average Bonchev–Trinajstić information content (AvgIpc) is 3.15. The highest BCUT2D eigenvalue weighted by Crippen LogP contribution is 2.32. The van der Waals surface area contributed by atoms with E-state index in [1.54, 1.807) is 18.2 Å². The number of amides is 2. The number of carbonyl (C=O) groups excluding carboxylic acids is 1. The van der Waals surface area contributed by atoms with Crippen molar-refractivity contribution in [3.8, 4) is 0 Å². The summed E-state index contributed by atoms with van der Waals surface area (Å²) in [5, 5.41) is 6.49. The molecule has 1 fully saturated rings. The third kappa shape index (κ3) is 3.51. The number of urea groups is 1. The fourth-order valence-corrected chi connectivity index (χ4v) is 2.12. The van der Waals surface area contributed by atoms with Gasteiger partial charge in [0.2, 0.25) is 0 Å². The van der Waals surface area contributed by atoms with Crippen LogP contribution in [0.3, 0.4) is 0 Å². The molecule has 6 heteroatoms. The Balaban J connectivity index is 1.95. The van der Waals surface area contributed by atoms with E-state index >= 15 is 0 Å². The number of nitrogens with one attached hydrogen (secondary N) is 2. The third-order valence-corrected chi connectivity index (χ3v) is 3.50. The van der Waals surface area contributed by atoms with Gasteiger partial charge in [-0.25, -0.2) is 4.79 Å². The molecular weight excluding hydrogens is 273 g/mol. The normalized spacial score (nSPS) is 16.2. The highest BCUT2D eigenvalue weighted by Gasteiger charge is 2.31. The highest BCUT2D eigenvalue weighted by atomic mass is 35.5. The number of hydrogen-bond acceptors (Lipinski definition) is 2. The van der Waals surface area contributed by atoms with Gasteiger partial charge in [-0.15, -0.1) is 0 Å². The summed E-state index contributed by atoms with van der Waals surface area (Å²) in [5.74, 6) is 0.510. The zero-order valence-electron chi connectivity index (χ0n) is 9.75. The van der Waals surface area contributed by atoms with Gasteiger partial charge < -0.3 is 16.4 Å². The maximum absolute atomic E-state index is 11.8. The van der Waals surface area contributed by atoms with Crippen LogP contribution in [0.2, 0.25) is 10.0 Å². The van der Waals surface area contributed by atoms with Crippen molar-refractivity contribution in [1.29, 1.82) is 0 Å². The lowest BCUT2D eigenvalue weighted by molar-refractivity contribution is 0.247. The molecule has 1 aromatic carbocycles. The molecule has 1 aliphatic carbocycles. The molecule has 0 bridgehead atoms. The lowest BCUT2D eigenvalue weighted by atomic mass is 10.2. The van der Waals surface area contributed by atoms with Crippen molar-refractivity contribution >= 4 is 34.9 Å². The molecule has 98 valence electrons. The zero-order valence-corrected chi connectivity index (χ0v) is 11.3. The first-order chi connectivity index (χ1) is 8.60. The van der Waals surface area contributed by atoms with Crippen molar-refractivity contribution in [2.75, 3.05) is 11.9 Å². The van der Waals surface area contributed by atoms with E-state index in [9.17, 15) is 4.79 Å². The van der Waals surface area contributed by atoms with E-state index in [0.717, 1.165) is 12.8 Å². The number of anilines is 1. The molecule has 1 aromatic rings. The van der Waals surface area contributed by atoms with Crippen LogP contribution < -0.4 is 16.4 Å². The van der Waals surface area contributed by atoms with E-state index in [0.29, 0.717) is 28.2 Å². The quantitative estimate of drug-likeness (QED) is 0.797. The Kier molecular flexibility index (Phi) is 4.32. The minimum Gasteiger partial charge on any atom is -0.334 e. The molecule has 1 unspecified atom stereocenters. The van der Waals surface area contributed by atoms with Gasteiger partial charge in [0.05, 0.1) is 10.7 Å². The molecule has 1 atom stereocenters. The molecule has 2 rings (SSSR count). The van der Waals surface area contributed by atoms with Gasteiger partial charge in [-0.05, 0) is 37.0 Å². The second-order valence-electron chi connectivity index (χ2n) is 4.40. The lowest BCUT2D eigenvalue weighted by Gasteiger charge is -2.17. The van der Waals surface area contributed by atoms with Crippen molar-refractivity contribution in [3.63, 3.8) is 0 Å². The van der Waals surface area contributed by atoms with Crippen LogP contribution in [0.1, 0.15) is 12.8 Å². The van der Waals surface area contributed by atoms with E-state index in [2.05, 4.69) is 10.6 Å². The van der Waals surface area contributed by atoms with E-state index in [1.807, 2.05) is 0 Å². The second-order valence-corrected chi connectivity index (χ2v) is 5.25. The Hall–Kier alpha value is -0.970. The van der Waals surface area contributed by atoms with Crippen LogP contribution in [0.25, 0.3) is 0 Å². The van der Waals surface area contributed by atoms with Gasteiger partial charge in [-0.3, -0.25) is 0 Å². The van der Waals surface area contributed by atoms with Crippen molar-refractivity contribution in [2.24, 2.45) is 11.7 Å². The number of benzene rings is 1. The molecule has 4 nitrogen and oxygen atoms in total. The van der Waals surface area contributed by atoms with Gasteiger partial charge in [0.1, 0.15) is 0 Å². The Morgan fingerprint density at radius 2 is 2.17 bits per heavy atom. The summed E-state index contributed by atoms with van der Waals surface area (Å²) in [7, 11) is 0. The molecule has 0 heterocycles. The zero-order chi connectivity index (χ0) is 13.1. The molecule has 4 N–H and O–H groups in total. The predicted octanol–water partition coefficient (Wildman–Crippen LogP) is 2.85. The Morgan fingerprint density at radius 3 is 2.78 bits per heavy atom. The van der Waals surface area contributed by atoms with Gasteiger partial charge in [0.15, 0.2) is 0 Å². The first-order valence-corrected chi connectivity index (χ1v) is 6.58. The highest BCUT2D eigenvalue weighted by molar-refractivity contribution is 6.35. The van der Waals surface area contributed by atoms with Crippen molar-refractivity contribution in [3.05, 3.63) is 28.2 Å². The van der Waals surface area contributed by atoms with Gasteiger partial charge in [-0.1, -0.05) is 23.2 Å². The number of nitrogens with two attached hydrogens (primary N) is 1. The molecular formula is C12H15Cl2N3O. The van der Waals surface area contributed by atoms with E-state index in [1.165, 1.54) is 0 Å². The maximum Gasteiger partial charge on any atom is 0.319 e. The monoisotopic (exact) mass is 287 g/mol. The molecule has 18 heavy (non-hydrogen) atoms. The summed E-state index contributed by atoms with van der Waals surface area (Å²) in [6.07, 6.45) is 2.25. The Labute approximate surface area is 116 Å². The topological polar surface area (TPSA) is 67.1 Å². The summed E-state index contributed by atoms with van der Waals surface area (Å²) in [6, 6.07) is 4.64.